The molecule has 3 nitrogen and oxygen atoms in total. The molecule has 4 heteroatoms. The Hall–Kier alpha value is -3.92. The number of carbonyl (C=O) groups is 1. The summed E-state index contributed by atoms with van der Waals surface area (Å²) in [6.07, 6.45) is 1.24. The zero-order chi connectivity index (χ0) is 27.3. The molecule has 1 fully saturated rings. The third-order valence-corrected chi connectivity index (χ3v) is 8.31. The lowest BCUT2D eigenvalue weighted by Crippen LogP contribution is -2.56. The first kappa shape index (κ1) is 26.3. The van der Waals surface area contributed by atoms with Gasteiger partial charge in [0.15, 0.2) is 0 Å². The van der Waals surface area contributed by atoms with Crippen LogP contribution in [0.5, 0.6) is 0 Å². The van der Waals surface area contributed by atoms with E-state index in [1.165, 1.54) is 27.5 Å². The predicted molar refractivity (Wildman–Crippen MR) is 165 cm³/mol. The molecule has 1 aliphatic rings. The van der Waals surface area contributed by atoms with Crippen molar-refractivity contribution in [2.45, 2.75) is 25.4 Å². The van der Waals surface area contributed by atoms with Gasteiger partial charge >= 0.3 is 0 Å². The minimum absolute atomic E-state index is 0.0896. The SMILES string of the molecule is O=C(Cc1ccc2ccccc2c1)N1CCN(Cc2c(Cl)cccc2-c2ccccc2)CC1Cc1ccccc1. The van der Waals surface area contributed by atoms with Gasteiger partial charge in [0, 0.05) is 37.2 Å². The average Bonchev–Trinajstić information content (AvgIpc) is 2.99. The van der Waals surface area contributed by atoms with Crippen LogP contribution in [0, 0.1) is 0 Å². The van der Waals surface area contributed by atoms with Crippen molar-refractivity contribution in [2.24, 2.45) is 0 Å². The fourth-order valence-electron chi connectivity index (χ4n) is 5.91. The molecule has 40 heavy (non-hydrogen) atoms. The molecule has 0 aliphatic carbocycles. The van der Waals surface area contributed by atoms with E-state index in [-0.39, 0.29) is 11.9 Å². The van der Waals surface area contributed by atoms with Gasteiger partial charge in [-0.3, -0.25) is 9.69 Å². The zero-order valence-electron chi connectivity index (χ0n) is 22.5. The normalized spacial score (nSPS) is 15.8. The van der Waals surface area contributed by atoms with Gasteiger partial charge in [-0.15, -0.1) is 0 Å². The second kappa shape index (κ2) is 12.1. The summed E-state index contributed by atoms with van der Waals surface area (Å²) in [6, 6.07) is 41.9. The average molecular weight is 545 g/mol. The highest BCUT2D eigenvalue weighted by molar-refractivity contribution is 6.31. The maximum atomic E-state index is 13.7. The molecule has 1 heterocycles. The first-order chi connectivity index (χ1) is 19.6. The Labute approximate surface area is 241 Å². The lowest BCUT2D eigenvalue weighted by molar-refractivity contribution is -0.135. The molecule has 0 N–H and O–H groups in total. The maximum Gasteiger partial charge on any atom is 0.227 e. The van der Waals surface area contributed by atoms with Crippen LogP contribution in [-0.2, 0) is 24.2 Å². The topological polar surface area (TPSA) is 23.6 Å². The zero-order valence-corrected chi connectivity index (χ0v) is 23.3. The van der Waals surface area contributed by atoms with E-state index in [4.69, 9.17) is 11.6 Å². The van der Waals surface area contributed by atoms with E-state index in [1.807, 2.05) is 36.4 Å². The molecule has 1 atom stereocenters. The molecular weight excluding hydrogens is 512 g/mol. The summed E-state index contributed by atoms with van der Waals surface area (Å²) in [5, 5.41) is 3.16. The molecule has 0 spiro atoms. The summed E-state index contributed by atoms with van der Waals surface area (Å²) in [4.78, 5) is 18.3. The predicted octanol–water partition coefficient (Wildman–Crippen LogP) is 7.66. The Balaban J connectivity index is 1.23. The van der Waals surface area contributed by atoms with Crippen molar-refractivity contribution in [2.75, 3.05) is 19.6 Å². The monoisotopic (exact) mass is 544 g/mol. The van der Waals surface area contributed by atoms with Crippen LogP contribution in [0.2, 0.25) is 5.02 Å². The molecule has 1 aliphatic heterocycles. The van der Waals surface area contributed by atoms with Gasteiger partial charge in [0.05, 0.1) is 6.42 Å². The van der Waals surface area contributed by atoms with Gasteiger partial charge in [0.25, 0.3) is 0 Å². The molecular formula is C36H33ClN2O. The summed E-state index contributed by atoms with van der Waals surface area (Å²) in [6.45, 7) is 3.07. The van der Waals surface area contributed by atoms with Crippen LogP contribution in [0.1, 0.15) is 16.7 Å². The lowest BCUT2D eigenvalue weighted by atomic mass is 9.97. The number of carbonyl (C=O) groups excluding carboxylic acids is 1. The molecule has 1 saturated heterocycles. The first-order valence-electron chi connectivity index (χ1n) is 14.0. The Morgan fingerprint density at radius 1 is 0.725 bits per heavy atom. The van der Waals surface area contributed by atoms with E-state index in [0.29, 0.717) is 13.0 Å². The van der Waals surface area contributed by atoms with Gasteiger partial charge in [-0.05, 0) is 51.1 Å². The number of rotatable bonds is 7. The molecule has 0 aromatic heterocycles. The van der Waals surface area contributed by atoms with Crippen LogP contribution in [0.15, 0.2) is 121 Å². The van der Waals surface area contributed by atoms with Gasteiger partial charge in [-0.25, -0.2) is 0 Å². The molecule has 0 saturated carbocycles. The third kappa shape index (κ3) is 5.96. The minimum atomic E-state index is 0.0896. The summed E-state index contributed by atoms with van der Waals surface area (Å²) < 4.78 is 0. The Bertz CT molecular complexity index is 1600. The van der Waals surface area contributed by atoms with Gasteiger partial charge in [-0.2, -0.15) is 0 Å². The van der Waals surface area contributed by atoms with Crippen molar-refractivity contribution >= 4 is 28.3 Å². The van der Waals surface area contributed by atoms with E-state index in [9.17, 15) is 4.79 Å². The molecule has 6 rings (SSSR count). The van der Waals surface area contributed by atoms with E-state index in [1.54, 1.807) is 0 Å². The van der Waals surface area contributed by atoms with Crippen molar-refractivity contribution < 1.29 is 4.79 Å². The van der Waals surface area contributed by atoms with E-state index < -0.39 is 0 Å². The summed E-state index contributed by atoms with van der Waals surface area (Å²) in [7, 11) is 0. The van der Waals surface area contributed by atoms with Crippen molar-refractivity contribution in [3.05, 3.63) is 143 Å². The Kier molecular flexibility index (Phi) is 7.94. The molecule has 1 unspecified atom stereocenters. The quantitative estimate of drug-likeness (QED) is 0.210. The second-order valence-corrected chi connectivity index (χ2v) is 11.1. The number of halogens is 1. The number of hydrogen-bond donors (Lipinski definition) is 0. The van der Waals surface area contributed by atoms with Crippen molar-refractivity contribution in [1.82, 2.24) is 9.80 Å². The maximum absolute atomic E-state index is 13.7. The molecule has 0 bridgehead atoms. The molecule has 5 aromatic carbocycles. The number of hydrogen-bond acceptors (Lipinski definition) is 2. The van der Waals surface area contributed by atoms with Gasteiger partial charge in [0.1, 0.15) is 0 Å². The highest BCUT2D eigenvalue weighted by atomic mass is 35.5. The second-order valence-electron chi connectivity index (χ2n) is 10.7. The number of amides is 1. The summed E-state index contributed by atoms with van der Waals surface area (Å²) in [5.74, 6) is 0.193. The Morgan fingerprint density at radius 2 is 1.45 bits per heavy atom. The number of benzene rings is 5. The van der Waals surface area contributed by atoms with Gasteiger partial charge in [-0.1, -0.05) is 127 Å². The van der Waals surface area contributed by atoms with Crippen molar-refractivity contribution in [1.29, 1.82) is 0 Å². The highest BCUT2D eigenvalue weighted by Gasteiger charge is 2.31. The standard InChI is InChI=1S/C36H33ClN2O/c37-35-17-9-16-33(30-13-5-2-6-14-30)34(35)26-38-20-21-39(32(25-38)23-27-10-3-1-4-11-27)36(40)24-28-18-19-29-12-7-8-15-31(29)22-28/h1-19,22,32H,20-21,23-26H2. The van der Waals surface area contributed by atoms with Gasteiger partial charge in [0.2, 0.25) is 5.91 Å². The molecule has 1 amide bonds. The fraction of sp³-hybridized carbons (Fsp3) is 0.194. The van der Waals surface area contributed by atoms with Crippen LogP contribution < -0.4 is 0 Å². The van der Waals surface area contributed by atoms with Gasteiger partial charge < -0.3 is 4.90 Å². The smallest absolute Gasteiger partial charge is 0.227 e. The highest BCUT2D eigenvalue weighted by Crippen LogP contribution is 2.31. The van der Waals surface area contributed by atoms with Crippen molar-refractivity contribution in [3.63, 3.8) is 0 Å². The van der Waals surface area contributed by atoms with Crippen LogP contribution in [-0.4, -0.2) is 41.4 Å². The van der Waals surface area contributed by atoms with Crippen LogP contribution in [0.3, 0.4) is 0 Å². The summed E-state index contributed by atoms with van der Waals surface area (Å²) >= 11 is 6.78. The number of piperazine rings is 1. The van der Waals surface area contributed by atoms with Crippen molar-refractivity contribution in [3.8, 4) is 11.1 Å². The van der Waals surface area contributed by atoms with E-state index in [0.717, 1.165) is 42.2 Å². The van der Waals surface area contributed by atoms with E-state index in [2.05, 4.69) is 94.7 Å². The Morgan fingerprint density at radius 3 is 2.25 bits per heavy atom. The third-order valence-electron chi connectivity index (χ3n) is 7.96. The fourth-order valence-corrected chi connectivity index (χ4v) is 6.14. The molecule has 5 aromatic rings. The van der Waals surface area contributed by atoms with Crippen LogP contribution in [0.4, 0.5) is 0 Å². The molecule has 0 radical (unpaired) electrons. The minimum Gasteiger partial charge on any atom is -0.337 e. The largest absolute Gasteiger partial charge is 0.337 e. The summed E-state index contributed by atoms with van der Waals surface area (Å²) in [5.41, 5.74) is 5.80. The van der Waals surface area contributed by atoms with Crippen LogP contribution >= 0.6 is 11.6 Å². The number of fused-ring (bicyclic) bond motifs is 1. The first-order valence-corrected chi connectivity index (χ1v) is 14.4. The van der Waals surface area contributed by atoms with E-state index >= 15 is 0 Å². The number of nitrogens with zero attached hydrogens (tertiary/aromatic N) is 2. The molecule has 200 valence electrons. The van der Waals surface area contributed by atoms with Crippen LogP contribution in [0.25, 0.3) is 21.9 Å². The lowest BCUT2D eigenvalue weighted by Gasteiger charge is -2.42.